The molecule has 118 valence electrons. The van der Waals surface area contributed by atoms with Crippen LogP contribution in [0.25, 0.3) is 0 Å². The van der Waals surface area contributed by atoms with E-state index < -0.39 is 23.6 Å². The smallest absolute Gasteiger partial charge is 0.337 e. The topological polar surface area (TPSA) is 67.8 Å². The lowest BCUT2D eigenvalue weighted by atomic mass is 9.72. The van der Waals surface area contributed by atoms with Gasteiger partial charge in [0.1, 0.15) is 12.4 Å². The number of halogens is 2. The quantitative estimate of drug-likeness (QED) is 0.755. The number of benzene rings is 1. The fourth-order valence-electron chi connectivity index (χ4n) is 3.42. The van der Waals surface area contributed by atoms with E-state index in [4.69, 9.17) is 4.74 Å². The van der Waals surface area contributed by atoms with Crippen LogP contribution < -0.4 is 5.32 Å². The molecule has 1 N–H and O–H groups in total. The molecule has 7 heteroatoms. The minimum absolute atomic E-state index is 0.0216. The lowest BCUT2D eigenvalue weighted by molar-refractivity contribution is -0.136. The van der Waals surface area contributed by atoms with Crippen molar-refractivity contribution in [3.05, 3.63) is 45.3 Å². The van der Waals surface area contributed by atoms with E-state index in [1.807, 2.05) is 0 Å². The summed E-state index contributed by atoms with van der Waals surface area (Å²) in [6, 6.07) is 4.56. The van der Waals surface area contributed by atoms with E-state index in [-0.39, 0.29) is 18.9 Å². The SMILES string of the molecule is O=C1OCC2=C1C(c1ccc(F)c(Br)c1)C1C(=O)CNCC1=N2. The van der Waals surface area contributed by atoms with Gasteiger partial charge in [-0.3, -0.25) is 9.79 Å². The molecule has 0 aromatic heterocycles. The number of nitrogens with zero attached hydrogens (tertiary/aromatic N) is 1. The van der Waals surface area contributed by atoms with Crippen LogP contribution in [0.3, 0.4) is 0 Å². The van der Waals surface area contributed by atoms with Crippen molar-refractivity contribution in [3.63, 3.8) is 0 Å². The Morgan fingerprint density at radius 3 is 2.87 bits per heavy atom. The van der Waals surface area contributed by atoms with Crippen molar-refractivity contribution >= 4 is 33.4 Å². The maximum Gasteiger partial charge on any atom is 0.337 e. The monoisotopic (exact) mass is 378 g/mol. The van der Waals surface area contributed by atoms with Gasteiger partial charge >= 0.3 is 5.97 Å². The first-order chi connectivity index (χ1) is 11.1. The zero-order valence-corrected chi connectivity index (χ0v) is 13.5. The van der Waals surface area contributed by atoms with Crippen molar-refractivity contribution in [2.45, 2.75) is 5.92 Å². The largest absolute Gasteiger partial charge is 0.456 e. The van der Waals surface area contributed by atoms with Crippen molar-refractivity contribution in [1.82, 2.24) is 5.32 Å². The summed E-state index contributed by atoms with van der Waals surface area (Å²) in [5, 5.41) is 3.02. The number of aliphatic imine (C=N–C) groups is 1. The number of hydrogen-bond acceptors (Lipinski definition) is 5. The summed E-state index contributed by atoms with van der Waals surface area (Å²) in [6.07, 6.45) is 0. The molecule has 5 nitrogen and oxygen atoms in total. The van der Waals surface area contributed by atoms with Crippen LogP contribution >= 0.6 is 15.9 Å². The standard InChI is InChI=1S/C16H12BrFN2O3/c17-8-3-7(1-2-9(8)18)13-14-10(4-19-5-12(14)21)20-11-6-23-16(22)15(11)13/h1-3,13-14,19H,4-6H2. The molecule has 0 spiro atoms. The van der Waals surface area contributed by atoms with Crippen molar-refractivity contribution < 1.29 is 18.7 Å². The Bertz CT molecular complexity index is 803. The average molecular weight is 379 g/mol. The number of ether oxygens (including phenoxy) is 1. The minimum atomic E-state index is -0.502. The molecule has 0 aliphatic carbocycles. The Kier molecular flexibility index (Phi) is 3.42. The highest BCUT2D eigenvalue weighted by Crippen LogP contribution is 2.43. The van der Waals surface area contributed by atoms with Crippen molar-refractivity contribution in [3.8, 4) is 0 Å². The van der Waals surface area contributed by atoms with E-state index in [0.717, 1.165) is 0 Å². The molecule has 2 atom stereocenters. The molecule has 1 fully saturated rings. The van der Waals surface area contributed by atoms with Gasteiger partial charge < -0.3 is 10.1 Å². The first-order valence-corrected chi connectivity index (χ1v) is 8.01. The highest BCUT2D eigenvalue weighted by Gasteiger charge is 2.46. The molecular weight excluding hydrogens is 367 g/mol. The van der Waals surface area contributed by atoms with Crippen molar-refractivity contribution in [2.75, 3.05) is 19.7 Å². The summed E-state index contributed by atoms with van der Waals surface area (Å²) in [5.74, 6) is -1.83. The number of rotatable bonds is 1. The van der Waals surface area contributed by atoms with Crippen LogP contribution in [0.5, 0.6) is 0 Å². The molecule has 23 heavy (non-hydrogen) atoms. The molecule has 4 rings (SSSR count). The van der Waals surface area contributed by atoms with E-state index in [9.17, 15) is 14.0 Å². The number of esters is 1. The van der Waals surface area contributed by atoms with Crippen molar-refractivity contribution in [2.24, 2.45) is 10.9 Å². The normalized spacial score (nSPS) is 26.6. The Balaban J connectivity index is 1.89. The first-order valence-electron chi connectivity index (χ1n) is 7.22. The number of nitrogens with one attached hydrogen (secondary N) is 1. The Morgan fingerprint density at radius 2 is 2.09 bits per heavy atom. The average Bonchev–Trinajstić information content (AvgIpc) is 2.90. The van der Waals surface area contributed by atoms with Crippen LogP contribution in [0, 0.1) is 11.7 Å². The van der Waals surface area contributed by atoms with E-state index in [0.29, 0.717) is 33.6 Å². The Morgan fingerprint density at radius 1 is 1.26 bits per heavy atom. The third-order valence-electron chi connectivity index (χ3n) is 4.41. The molecule has 3 aliphatic heterocycles. The summed E-state index contributed by atoms with van der Waals surface area (Å²) in [6.45, 7) is 0.859. The van der Waals surface area contributed by atoms with Crippen LogP contribution in [0.2, 0.25) is 0 Å². The minimum Gasteiger partial charge on any atom is -0.456 e. The molecule has 1 saturated heterocycles. The van der Waals surface area contributed by atoms with Gasteiger partial charge in [-0.1, -0.05) is 6.07 Å². The maximum atomic E-state index is 13.6. The van der Waals surface area contributed by atoms with E-state index in [1.165, 1.54) is 6.07 Å². The highest BCUT2D eigenvalue weighted by atomic mass is 79.9. The highest BCUT2D eigenvalue weighted by molar-refractivity contribution is 9.10. The molecule has 0 bridgehead atoms. The van der Waals surface area contributed by atoms with Gasteiger partial charge in [-0.25, -0.2) is 9.18 Å². The number of fused-ring (bicyclic) bond motifs is 1. The molecular formula is C16H12BrFN2O3. The lowest BCUT2D eigenvalue weighted by Crippen LogP contribution is -2.48. The van der Waals surface area contributed by atoms with Crippen LogP contribution in [-0.2, 0) is 14.3 Å². The summed E-state index contributed by atoms with van der Waals surface area (Å²) in [4.78, 5) is 29.1. The second-order valence-electron chi connectivity index (χ2n) is 5.74. The Hall–Kier alpha value is -1.86. The van der Waals surface area contributed by atoms with E-state index >= 15 is 0 Å². The van der Waals surface area contributed by atoms with E-state index in [2.05, 4.69) is 26.2 Å². The summed E-state index contributed by atoms with van der Waals surface area (Å²) < 4.78 is 19.0. The molecule has 0 amide bonds. The predicted octanol–water partition coefficient (Wildman–Crippen LogP) is 1.73. The molecule has 2 unspecified atom stereocenters. The molecule has 1 aromatic carbocycles. The van der Waals surface area contributed by atoms with Gasteiger partial charge in [0.25, 0.3) is 0 Å². The van der Waals surface area contributed by atoms with Gasteiger partial charge in [0.15, 0.2) is 5.78 Å². The number of cyclic esters (lactones) is 1. The summed E-state index contributed by atoms with van der Waals surface area (Å²) in [5.41, 5.74) is 2.41. The maximum absolute atomic E-state index is 13.6. The molecule has 0 saturated carbocycles. The second-order valence-corrected chi connectivity index (χ2v) is 6.59. The van der Waals surface area contributed by atoms with Gasteiger partial charge in [-0.05, 0) is 33.6 Å². The zero-order chi connectivity index (χ0) is 16.1. The number of carbonyl (C=O) groups excluding carboxylic acids is 2. The van der Waals surface area contributed by atoms with Gasteiger partial charge in [-0.15, -0.1) is 0 Å². The number of piperidine rings is 1. The third kappa shape index (κ3) is 2.26. The molecule has 0 radical (unpaired) electrons. The predicted molar refractivity (Wildman–Crippen MR) is 83.6 cm³/mol. The van der Waals surface area contributed by atoms with Crippen LogP contribution in [0.15, 0.2) is 38.9 Å². The Labute approximate surface area is 139 Å². The summed E-state index contributed by atoms with van der Waals surface area (Å²) >= 11 is 3.17. The molecule has 3 heterocycles. The lowest BCUT2D eigenvalue weighted by Gasteiger charge is -2.34. The van der Waals surface area contributed by atoms with Gasteiger partial charge in [0.2, 0.25) is 0 Å². The van der Waals surface area contributed by atoms with Gasteiger partial charge in [0, 0.05) is 18.2 Å². The first kappa shape index (κ1) is 14.7. The number of ketones is 1. The fourth-order valence-corrected chi connectivity index (χ4v) is 3.81. The third-order valence-corrected chi connectivity index (χ3v) is 5.02. The second kappa shape index (κ2) is 5.35. The molecule has 3 aliphatic rings. The van der Waals surface area contributed by atoms with Gasteiger partial charge in [-0.2, -0.15) is 0 Å². The molecule has 1 aromatic rings. The fraction of sp³-hybridized carbons (Fsp3) is 0.312. The van der Waals surface area contributed by atoms with Crippen LogP contribution in [0.1, 0.15) is 11.5 Å². The zero-order valence-electron chi connectivity index (χ0n) is 11.9. The van der Waals surface area contributed by atoms with Gasteiger partial charge in [0.05, 0.1) is 28.2 Å². The van der Waals surface area contributed by atoms with E-state index in [1.54, 1.807) is 12.1 Å². The summed E-state index contributed by atoms with van der Waals surface area (Å²) in [7, 11) is 0. The van der Waals surface area contributed by atoms with Crippen LogP contribution in [0.4, 0.5) is 4.39 Å². The number of Topliss-reactive ketones (excluding diaryl/α,β-unsaturated/α-hetero) is 1. The number of carbonyl (C=O) groups is 2. The van der Waals surface area contributed by atoms with Crippen LogP contribution in [-0.4, -0.2) is 37.2 Å². The van der Waals surface area contributed by atoms with Crippen molar-refractivity contribution in [1.29, 1.82) is 0 Å². The number of hydrogen-bond donors (Lipinski definition) is 1.